The predicted octanol–water partition coefficient (Wildman–Crippen LogP) is -0.0400. The van der Waals surface area contributed by atoms with Crippen molar-refractivity contribution in [3.8, 4) is 0 Å². The molecule has 0 aliphatic carbocycles. The first kappa shape index (κ1) is 18.2. The number of hydrogen-bond donors (Lipinski definition) is 2. The fourth-order valence-electron chi connectivity index (χ4n) is 2.50. The lowest BCUT2D eigenvalue weighted by atomic mass is 10.2. The van der Waals surface area contributed by atoms with Gasteiger partial charge in [-0.3, -0.25) is 19.3 Å². The lowest BCUT2D eigenvalue weighted by Gasteiger charge is -2.34. The molecule has 7 nitrogen and oxygen atoms in total. The number of hydrogen-bond acceptors (Lipinski definition) is 4. The maximum atomic E-state index is 12.5. The summed E-state index contributed by atoms with van der Waals surface area (Å²) in [5, 5.41) is 5.29. The molecule has 24 heavy (non-hydrogen) atoms. The Labute approximate surface area is 145 Å². The zero-order chi connectivity index (χ0) is 17.5. The van der Waals surface area contributed by atoms with Gasteiger partial charge in [-0.1, -0.05) is 23.7 Å². The van der Waals surface area contributed by atoms with Crippen LogP contribution in [0, 0.1) is 0 Å². The Hall–Kier alpha value is -2.12. The van der Waals surface area contributed by atoms with Crippen LogP contribution in [0.5, 0.6) is 0 Å². The average Bonchev–Trinajstić information content (AvgIpc) is 2.61. The van der Waals surface area contributed by atoms with E-state index in [4.69, 9.17) is 11.6 Å². The second kappa shape index (κ2) is 8.65. The standard InChI is InChI=1S/C16H21ClN4O3/c1-18-14(22)15(23)19-6-7-20-8-10-21(11-9-20)16(24)12-4-2-3-5-13(12)17/h2-5H,6-11H2,1H3,(H,18,22)(H,19,23). The topological polar surface area (TPSA) is 81.8 Å². The van der Waals surface area contributed by atoms with Crippen LogP contribution in [0.3, 0.4) is 0 Å². The van der Waals surface area contributed by atoms with Gasteiger partial charge in [0.05, 0.1) is 10.6 Å². The molecular formula is C16H21ClN4O3. The summed E-state index contributed by atoms with van der Waals surface area (Å²) in [7, 11) is 1.41. The van der Waals surface area contributed by atoms with Crippen molar-refractivity contribution < 1.29 is 14.4 Å². The molecule has 1 aliphatic heterocycles. The highest BCUT2D eigenvalue weighted by Crippen LogP contribution is 2.17. The summed E-state index contributed by atoms with van der Waals surface area (Å²) in [6.07, 6.45) is 0. The van der Waals surface area contributed by atoms with Crippen LogP contribution >= 0.6 is 11.6 Å². The van der Waals surface area contributed by atoms with Crippen LogP contribution in [-0.4, -0.2) is 73.8 Å². The number of benzene rings is 1. The summed E-state index contributed by atoms with van der Waals surface area (Å²) in [5.41, 5.74) is 0.519. The third kappa shape index (κ3) is 4.69. The third-order valence-electron chi connectivity index (χ3n) is 3.91. The molecule has 130 valence electrons. The average molecular weight is 353 g/mol. The fourth-order valence-corrected chi connectivity index (χ4v) is 2.72. The number of rotatable bonds is 4. The molecule has 0 radical (unpaired) electrons. The van der Waals surface area contributed by atoms with Gasteiger partial charge in [-0.05, 0) is 12.1 Å². The summed E-state index contributed by atoms with van der Waals surface area (Å²) in [6.45, 7) is 3.67. The molecule has 0 spiro atoms. The largest absolute Gasteiger partial charge is 0.351 e. The van der Waals surface area contributed by atoms with Crippen molar-refractivity contribution in [2.75, 3.05) is 46.3 Å². The smallest absolute Gasteiger partial charge is 0.309 e. The summed E-state index contributed by atoms with van der Waals surface area (Å²) in [6, 6.07) is 7.03. The molecule has 1 aliphatic rings. The quantitative estimate of drug-likeness (QED) is 0.745. The van der Waals surface area contributed by atoms with Gasteiger partial charge in [0.15, 0.2) is 0 Å². The van der Waals surface area contributed by atoms with Gasteiger partial charge in [0, 0.05) is 46.3 Å². The number of halogens is 1. The van der Waals surface area contributed by atoms with Gasteiger partial charge in [-0.25, -0.2) is 0 Å². The van der Waals surface area contributed by atoms with Crippen molar-refractivity contribution in [3.63, 3.8) is 0 Å². The van der Waals surface area contributed by atoms with E-state index >= 15 is 0 Å². The molecule has 1 aromatic carbocycles. The zero-order valence-electron chi connectivity index (χ0n) is 13.5. The van der Waals surface area contributed by atoms with Crippen molar-refractivity contribution in [2.24, 2.45) is 0 Å². The van der Waals surface area contributed by atoms with Crippen LogP contribution < -0.4 is 10.6 Å². The molecule has 3 amide bonds. The van der Waals surface area contributed by atoms with Gasteiger partial charge < -0.3 is 15.5 Å². The monoisotopic (exact) mass is 352 g/mol. The Morgan fingerprint density at radius 3 is 2.38 bits per heavy atom. The van der Waals surface area contributed by atoms with Crippen LogP contribution in [0.15, 0.2) is 24.3 Å². The van der Waals surface area contributed by atoms with E-state index in [1.54, 1.807) is 29.2 Å². The van der Waals surface area contributed by atoms with Gasteiger partial charge in [0.2, 0.25) is 0 Å². The van der Waals surface area contributed by atoms with E-state index < -0.39 is 11.8 Å². The predicted molar refractivity (Wildman–Crippen MR) is 90.9 cm³/mol. The van der Waals surface area contributed by atoms with Crippen molar-refractivity contribution in [1.82, 2.24) is 20.4 Å². The first-order valence-electron chi connectivity index (χ1n) is 7.79. The van der Waals surface area contributed by atoms with Crippen molar-refractivity contribution >= 4 is 29.3 Å². The first-order chi connectivity index (χ1) is 11.5. The van der Waals surface area contributed by atoms with Crippen molar-refractivity contribution in [2.45, 2.75) is 0 Å². The molecule has 1 aromatic rings. The van der Waals surface area contributed by atoms with Crippen molar-refractivity contribution in [3.05, 3.63) is 34.9 Å². The normalized spacial score (nSPS) is 15.0. The number of nitrogens with zero attached hydrogens (tertiary/aromatic N) is 2. The lowest BCUT2D eigenvalue weighted by Crippen LogP contribution is -2.50. The zero-order valence-corrected chi connectivity index (χ0v) is 14.3. The van der Waals surface area contributed by atoms with Gasteiger partial charge in [-0.15, -0.1) is 0 Å². The number of carbonyl (C=O) groups is 3. The van der Waals surface area contributed by atoms with E-state index in [0.29, 0.717) is 49.9 Å². The molecule has 1 fully saturated rings. The molecular weight excluding hydrogens is 332 g/mol. The van der Waals surface area contributed by atoms with E-state index in [2.05, 4.69) is 15.5 Å². The van der Waals surface area contributed by atoms with Gasteiger partial charge in [0.25, 0.3) is 5.91 Å². The van der Waals surface area contributed by atoms with E-state index in [1.807, 2.05) is 0 Å². The molecule has 0 unspecified atom stereocenters. The highest BCUT2D eigenvalue weighted by Gasteiger charge is 2.23. The highest BCUT2D eigenvalue weighted by atomic mass is 35.5. The number of nitrogens with one attached hydrogen (secondary N) is 2. The molecule has 0 aromatic heterocycles. The van der Waals surface area contributed by atoms with Crippen LogP contribution in [0.2, 0.25) is 5.02 Å². The molecule has 2 rings (SSSR count). The summed E-state index contributed by atoms with van der Waals surface area (Å²) in [5.74, 6) is -1.34. The van der Waals surface area contributed by atoms with Gasteiger partial charge >= 0.3 is 11.8 Å². The molecule has 0 saturated carbocycles. The lowest BCUT2D eigenvalue weighted by molar-refractivity contribution is -0.138. The fraction of sp³-hybridized carbons (Fsp3) is 0.438. The Balaban J connectivity index is 1.75. The molecule has 8 heteroatoms. The second-order valence-electron chi connectivity index (χ2n) is 5.45. The molecule has 2 N–H and O–H groups in total. The van der Waals surface area contributed by atoms with E-state index in [9.17, 15) is 14.4 Å². The highest BCUT2D eigenvalue weighted by molar-refractivity contribution is 6.35. The van der Waals surface area contributed by atoms with Gasteiger partial charge in [0.1, 0.15) is 0 Å². The van der Waals surface area contributed by atoms with E-state index in [0.717, 1.165) is 0 Å². The summed E-state index contributed by atoms with van der Waals surface area (Å²) < 4.78 is 0. The second-order valence-corrected chi connectivity index (χ2v) is 5.86. The Morgan fingerprint density at radius 2 is 1.75 bits per heavy atom. The Bertz CT molecular complexity index is 615. The summed E-state index contributed by atoms with van der Waals surface area (Å²) in [4.78, 5) is 38.8. The van der Waals surface area contributed by atoms with E-state index in [1.165, 1.54) is 7.05 Å². The van der Waals surface area contributed by atoms with Crippen molar-refractivity contribution in [1.29, 1.82) is 0 Å². The number of piperazine rings is 1. The maximum absolute atomic E-state index is 12.5. The Morgan fingerprint density at radius 1 is 1.08 bits per heavy atom. The van der Waals surface area contributed by atoms with Crippen LogP contribution in [0.25, 0.3) is 0 Å². The summed E-state index contributed by atoms with van der Waals surface area (Å²) >= 11 is 6.07. The van der Waals surface area contributed by atoms with Crippen LogP contribution in [0.4, 0.5) is 0 Å². The SMILES string of the molecule is CNC(=O)C(=O)NCCN1CCN(C(=O)c2ccccc2Cl)CC1. The molecule has 1 saturated heterocycles. The third-order valence-corrected chi connectivity index (χ3v) is 4.24. The van der Waals surface area contributed by atoms with Crippen LogP contribution in [0.1, 0.15) is 10.4 Å². The maximum Gasteiger partial charge on any atom is 0.309 e. The van der Waals surface area contributed by atoms with Crippen LogP contribution in [-0.2, 0) is 9.59 Å². The van der Waals surface area contributed by atoms with Gasteiger partial charge in [-0.2, -0.15) is 0 Å². The first-order valence-corrected chi connectivity index (χ1v) is 8.16. The Kier molecular flexibility index (Phi) is 6.57. The molecule has 1 heterocycles. The minimum Gasteiger partial charge on any atom is -0.351 e. The number of carbonyl (C=O) groups excluding carboxylic acids is 3. The molecule has 0 atom stereocenters. The molecule has 0 bridgehead atoms. The van der Waals surface area contributed by atoms with E-state index in [-0.39, 0.29) is 5.91 Å². The minimum atomic E-state index is -0.648. The number of amides is 3. The number of likely N-dealkylation sites (N-methyl/N-ethyl adjacent to an activating group) is 1. The minimum absolute atomic E-state index is 0.0619.